The van der Waals surface area contributed by atoms with Gasteiger partial charge in [-0.2, -0.15) is 0 Å². The molecule has 21 heavy (non-hydrogen) atoms. The van der Waals surface area contributed by atoms with Crippen molar-refractivity contribution < 1.29 is 9.90 Å². The van der Waals surface area contributed by atoms with Crippen LogP contribution in [-0.4, -0.2) is 23.0 Å². The number of hydrogen-bond acceptors (Lipinski definition) is 3. The molecule has 0 aromatic heterocycles. The van der Waals surface area contributed by atoms with Crippen molar-refractivity contribution in [3.63, 3.8) is 0 Å². The molecule has 108 valence electrons. The topological polar surface area (TPSA) is 66.6 Å². The monoisotopic (exact) mass is 300 g/mol. The van der Waals surface area contributed by atoms with E-state index in [2.05, 4.69) is 0 Å². The van der Waals surface area contributed by atoms with Gasteiger partial charge < -0.3 is 15.7 Å². The minimum Gasteiger partial charge on any atom is -0.508 e. The first kappa shape index (κ1) is 15.0. The summed E-state index contributed by atoms with van der Waals surface area (Å²) in [6, 6.07) is 12.0. The van der Waals surface area contributed by atoms with Crippen molar-refractivity contribution in [2.75, 3.05) is 11.9 Å². The smallest absolute Gasteiger partial charge is 0.258 e. The number of nitrogens with two attached hydrogens (primary N) is 1. The van der Waals surface area contributed by atoms with Crippen LogP contribution in [0.2, 0.25) is 0 Å². The van der Waals surface area contributed by atoms with Crippen LogP contribution in [0.1, 0.15) is 21.5 Å². The average molecular weight is 300 g/mol. The van der Waals surface area contributed by atoms with Gasteiger partial charge in [0.2, 0.25) is 0 Å². The molecule has 3 N–H and O–H groups in total. The number of phenolic OH excluding ortho intramolecular Hbond substituents is 1. The number of carbonyl (C=O) groups excluding carboxylic acids is 1. The first-order valence-electron chi connectivity index (χ1n) is 6.38. The summed E-state index contributed by atoms with van der Waals surface area (Å²) in [5.74, 6) is -0.102. The Labute approximate surface area is 128 Å². The van der Waals surface area contributed by atoms with Gasteiger partial charge in [0.25, 0.3) is 5.91 Å². The highest BCUT2D eigenvalue weighted by atomic mass is 32.1. The van der Waals surface area contributed by atoms with Gasteiger partial charge in [-0.1, -0.05) is 30.4 Å². The predicted molar refractivity (Wildman–Crippen MR) is 87.9 cm³/mol. The SMILES string of the molecule is Cc1c(O)cccc1C(=O)N(C)c1cccc(C(N)=S)c1. The number of anilines is 1. The Morgan fingerprint density at radius 3 is 2.57 bits per heavy atom. The first-order chi connectivity index (χ1) is 9.91. The predicted octanol–water partition coefficient (Wildman–Crippen LogP) is 2.61. The lowest BCUT2D eigenvalue weighted by Gasteiger charge is -2.19. The minimum atomic E-state index is -0.205. The quantitative estimate of drug-likeness (QED) is 0.855. The van der Waals surface area contributed by atoms with E-state index in [9.17, 15) is 9.90 Å². The van der Waals surface area contributed by atoms with Crippen molar-refractivity contribution in [1.29, 1.82) is 0 Å². The number of nitrogens with zero attached hydrogens (tertiary/aromatic N) is 1. The number of amides is 1. The van der Waals surface area contributed by atoms with Crippen LogP contribution >= 0.6 is 12.2 Å². The molecule has 0 saturated heterocycles. The lowest BCUT2D eigenvalue weighted by Crippen LogP contribution is -2.27. The summed E-state index contributed by atoms with van der Waals surface area (Å²) in [4.78, 5) is 14.3. The molecule has 0 unspecified atom stereocenters. The maximum Gasteiger partial charge on any atom is 0.258 e. The average Bonchev–Trinajstić information content (AvgIpc) is 2.48. The van der Waals surface area contributed by atoms with E-state index >= 15 is 0 Å². The van der Waals surface area contributed by atoms with Gasteiger partial charge >= 0.3 is 0 Å². The molecule has 5 heteroatoms. The van der Waals surface area contributed by atoms with E-state index in [4.69, 9.17) is 18.0 Å². The summed E-state index contributed by atoms with van der Waals surface area (Å²) in [6.45, 7) is 1.71. The molecule has 0 aliphatic heterocycles. The summed E-state index contributed by atoms with van der Waals surface area (Å²) in [6.07, 6.45) is 0. The van der Waals surface area contributed by atoms with Crippen molar-refractivity contribution in [2.45, 2.75) is 6.92 Å². The molecule has 0 bridgehead atoms. The van der Waals surface area contributed by atoms with Crippen molar-refractivity contribution in [2.24, 2.45) is 5.73 Å². The van der Waals surface area contributed by atoms with Crippen LogP contribution in [0.25, 0.3) is 0 Å². The third kappa shape index (κ3) is 3.03. The lowest BCUT2D eigenvalue weighted by molar-refractivity contribution is 0.0992. The van der Waals surface area contributed by atoms with Crippen LogP contribution < -0.4 is 10.6 Å². The number of carbonyl (C=O) groups is 1. The fourth-order valence-electron chi connectivity index (χ4n) is 2.02. The Balaban J connectivity index is 2.37. The van der Waals surface area contributed by atoms with Gasteiger partial charge in [0.05, 0.1) is 0 Å². The first-order valence-corrected chi connectivity index (χ1v) is 6.79. The van der Waals surface area contributed by atoms with E-state index < -0.39 is 0 Å². The van der Waals surface area contributed by atoms with E-state index in [1.807, 2.05) is 0 Å². The highest BCUT2D eigenvalue weighted by Gasteiger charge is 2.17. The standard InChI is InChI=1S/C16H16N2O2S/c1-10-13(7-4-8-14(10)19)16(20)18(2)12-6-3-5-11(9-12)15(17)21/h3-9,19H,1-2H3,(H2,17,21). The van der Waals surface area contributed by atoms with Crippen molar-refractivity contribution in [3.05, 3.63) is 59.2 Å². The Morgan fingerprint density at radius 2 is 1.90 bits per heavy atom. The fraction of sp³-hybridized carbons (Fsp3) is 0.125. The molecule has 0 aliphatic rings. The van der Waals surface area contributed by atoms with Gasteiger partial charge in [-0.25, -0.2) is 0 Å². The zero-order valence-corrected chi connectivity index (χ0v) is 12.6. The Hall–Kier alpha value is -2.40. The number of aromatic hydroxyl groups is 1. The second-order valence-electron chi connectivity index (χ2n) is 4.73. The number of rotatable bonds is 3. The van der Waals surface area contributed by atoms with E-state index in [1.54, 1.807) is 56.4 Å². The summed E-state index contributed by atoms with van der Waals surface area (Å²) in [5.41, 5.74) is 8.01. The van der Waals surface area contributed by atoms with Gasteiger partial charge in [-0.05, 0) is 31.2 Å². The summed E-state index contributed by atoms with van der Waals surface area (Å²) in [7, 11) is 1.67. The molecular weight excluding hydrogens is 284 g/mol. The molecule has 0 heterocycles. The van der Waals surface area contributed by atoms with E-state index in [-0.39, 0.29) is 16.6 Å². The number of thiocarbonyl (C=S) groups is 1. The molecule has 2 aromatic rings. The highest BCUT2D eigenvalue weighted by molar-refractivity contribution is 7.80. The minimum absolute atomic E-state index is 0.103. The van der Waals surface area contributed by atoms with Crippen LogP contribution in [-0.2, 0) is 0 Å². The molecule has 1 amide bonds. The van der Waals surface area contributed by atoms with Gasteiger partial charge in [0.15, 0.2) is 0 Å². The summed E-state index contributed by atoms with van der Waals surface area (Å²) < 4.78 is 0. The maximum atomic E-state index is 12.6. The number of hydrogen-bond donors (Lipinski definition) is 2. The van der Waals surface area contributed by atoms with E-state index in [0.29, 0.717) is 22.4 Å². The van der Waals surface area contributed by atoms with Crippen LogP contribution in [0.15, 0.2) is 42.5 Å². The molecular formula is C16H16N2O2S. The third-order valence-corrected chi connectivity index (χ3v) is 3.59. The number of benzene rings is 2. The van der Waals surface area contributed by atoms with Crippen LogP contribution in [0.3, 0.4) is 0 Å². The Kier molecular flexibility index (Phi) is 4.23. The van der Waals surface area contributed by atoms with Crippen molar-refractivity contribution in [1.82, 2.24) is 0 Å². The molecule has 0 atom stereocenters. The normalized spacial score (nSPS) is 10.2. The Bertz CT molecular complexity index is 713. The second-order valence-corrected chi connectivity index (χ2v) is 5.17. The van der Waals surface area contributed by atoms with Gasteiger partial charge in [0, 0.05) is 29.4 Å². The van der Waals surface area contributed by atoms with Gasteiger partial charge in [-0.15, -0.1) is 0 Å². The third-order valence-electron chi connectivity index (χ3n) is 3.36. The van der Waals surface area contributed by atoms with Crippen LogP contribution in [0, 0.1) is 6.92 Å². The van der Waals surface area contributed by atoms with Gasteiger partial charge in [-0.3, -0.25) is 4.79 Å². The lowest BCUT2D eigenvalue weighted by atomic mass is 10.1. The molecule has 2 rings (SSSR count). The largest absolute Gasteiger partial charge is 0.508 e. The molecule has 0 radical (unpaired) electrons. The van der Waals surface area contributed by atoms with Crippen LogP contribution in [0.4, 0.5) is 5.69 Å². The molecule has 0 saturated carbocycles. The molecule has 0 aliphatic carbocycles. The molecule has 2 aromatic carbocycles. The zero-order chi connectivity index (χ0) is 15.6. The van der Waals surface area contributed by atoms with Crippen molar-refractivity contribution >= 4 is 28.8 Å². The van der Waals surface area contributed by atoms with E-state index in [1.165, 1.54) is 4.90 Å². The maximum absolute atomic E-state index is 12.6. The molecule has 4 nitrogen and oxygen atoms in total. The summed E-state index contributed by atoms with van der Waals surface area (Å²) in [5, 5.41) is 9.71. The molecule has 0 fully saturated rings. The van der Waals surface area contributed by atoms with Crippen LogP contribution in [0.5, 0.6) is 5.75 Å². The highest BCUT2D eigenvalue weighted by Crippen LogP contribution is 2.23. The zero-order valence-electron chi connectivity index (χ0n) is 11.8. The van der Waals surface area contributed by atoms with Crippen molar-refractivity contribution in [3.8, 4) is 5.75 Å². The second kappa shape index (κ2) is 5.93. The fourth-order valence-corrected chi connectivity index (χ4v) is 2.15. The number of phenols is 1. The van der Waals surface area contributed by atoms with E-state index in [0.717, 1.165) is 0 Å². The Morgan fingerprint density at radius 1 is 1.24 bits per heavy atom. The van der Waals surface area contributed by atoms with Gasteiger partial charge in [0.1, 0.15) is 10.7 Å². The molecule has 0 spiro atoms. The summed E-state index contributed by atoms with van der Waals surface area (Å²) >= 11 is 4.95.